The number of likely N-dealkylation sites (tertiary alicyclic amines) is 1. The van der Waals surface area contributed by atoms with Crippen molar-refractivity contribution in [2.75, 3.05) is 33.9 Å². The number of hydrogen-bond donors (Lipinski definition) is 2. The minimum atomic E-state index is 0. The summed E-state index contributed by atoms with van der Waals surface area (Å²) in [7, 11) is 3.35. The fourth-order valence-electron chi connectivity index (χ4n) is 3.49. The van der Waals surface area contributed by atoms with Crippen LogP contribution in [0.4, 0.5) is 0 Å². The third-order valence-electron chi connectivity index (χ3n) is 4.98. The zero-order chi connectivity index (χ0) is 21.3. The SMILES string of the molecule is CCNC(=NCc1ccc(Cl)nc1)NC1CCN(Cc2cc(OC)cc(OC)c2)C1.I. The van der Waals surface area contributed by atoms with E-state index in [1.54, 1.807) is 26.5 Å². The monoisotopic (exact) mass is 559 g/mol. The molecule has 2 aromatic rings. The Morgan fingerprint density at radius 2 is 1.94 bits per heavy atom. The molecule has 1 aliphatic heterocycles. The Kier molecular flexibility index (Phi) is 10.6. The van der Waals surface area contributed by atoms with Gasteiger partial charge in [0.05, 0.1) is 20.8 Å². The second-order valence-corrected chi connectivity index (χ2v) is 7.66. The minimum Gasteiger partial charge on any atom is -0.497 e. The molecule has 9 heteroatoms. The Balaban J connectivity index is 0.00000341. The van der Waals surface area contributed by atoms with Gasteiger partial charge in [0.25, 0.3) is 0 Å². The molecule has 0 saturated carbocycles. The van der Waals surface area contributed by atoms with Crippen LogP contribution in [0.1, 0.15) is 24.5 Å². The first kappa shape index (κ1) is 25.5. The van der Waals surface area contributed by atoms with E-state index in [2.05, 4.69) is 39.6 Å². The molecule has 1 saturated heterocycles. The predicted molar refractivity (Wildman–Crippen MR) is 136 cm³/mol. The van der Waals surface area contributed by atoms with Crippen molar-refractivity contribution in [3.05, 3.63) is 52.8 Å². The van der Waals surface area contributed by atoms with Gasteiger partial charge >= 0.3 is 0 Å². The van der Waals surface area contributed by atoms with Gasteiger partial charge in [-0.05, 0) is 42.7 Å². The van der Waals surface area contributed by atoms with E-state index in [0.29, 0.717) is 17.7 Å². The number of benzene rings is 1. The molecule has 1 aromatic carbocycles. The van der Waals surface area contributed by atoms with Crippen LogP contribution < -0.4 is 20.1 Å². The van der Waals surface area contributed by atoms with Crippen molar-refractivity contribution in [1.29, 1.82) is 0 Å². The van der Waals surface area contributed by atoms with Crippen molar-refractivity contribution in [3.8, 4) is 11.5 Å². The lowest BCUT2D eigenvalue weighted by atomic mass is 10.2. The molecule has 1 fully saturated rings. The largest absolute Gasteiger partial charge is 0.497 e. The van der Waals surface area contributed by atoms with E-state index in [0.717, 1.165) is 55.6 Å². The fraction of sp³-hybridized carbons (Fsp3) is 0.455. The molecule has 2 heterocycles. The van der Waals surface area contributed by atoms with Crippen molar-refractivity contribution in [3.63, 3.8) is 0 Å². The standard InChI is InChI=1S/C22H30ClN5O2.HI/c1-4-24-22(26-13-16-5-6-21(23)25-12-16)27-18-7-8-28(15-18)14-17-9-19(29-2)11-20(10-17)30-3;/h5-6,9-12,18H,4,7-8,13-15H2,1-3H3,(H2,24,26,27);1H. The van der Waals surface area contributed by atoms with E-state index < -0.39 is 0 Å². The van der Waals surface area contributed by atoms with Gasteiger partial charge in [0, 0.05) is 44.5 Å². The summed E-state index contributed by atoms with van der Waals surface area (Å²) in [4.78, 5) is 11.2. The van der Waals surface area contributed by atoms with Crippen molar-refractivity contribution in [2.24, 2.45) is 4.99 Å². The number of rotatable bonds is 8. The summed E-state index contributed by atoms with van der Waals surface area (Å²) in [5.41, 5.74) is 2.21. The maximum atomic E-state index is 5.85. The van der Waals surface area contributed by atoms with Crippen LogP contribution in [0, 0.1) is 0 Å². The number of aromatic nitrogens is 1. The minimum absolute atomic E-state index is 0. The molecule has 2 N–H and O–H groups in total. The van der Waals surface area contributed by atoms with Gasteiger partial charge in [0.1, 0.15) is 16.7 Å². The average Bonchev–Trinajstić information content (AvgIpc) is 3.19. The number of aliphatic imine (C=N–C) groups is 1. The van der Waals surface area contributed by atoms with Crippen LogP contribution in [0.2, 0.25) is 5.15 Å². The van der Waals surface area contributed by atoms with Gasteiger partial charge in [-0.25, -0.2) is 9.98 Å². The number of methoxy groups -OCH3 is 2. The van der Waals surface area contributed by atoms with E-state index in [9.17, 15) is 0 Å². The predicted octanol–water partition coefficient (Wildman–Crippen LogP) is 3.70. The van der Waals surface area contributed by atoms with Crippen LogP contribution >= 0.6 is 35.6 Å². The number of pyridine rings is 1. The molecule has 3 rings (SSSR count). The van der Waals surface area contributed by atoms with Crippen molar-refractivity contribution in [2.45, 2.75) is 32.5 Å². The van der Waals surface area contributed by atoms with Crippen LogP contribution in [-0.2, 0) is 13.1 Å². The quantitative estimate of drug-likeness (QED) is 0.223. The highest BCUT2D eigenvalue weighted by Gasteiger charge is 2.23. The number of halogens is 2. The van der Waals surface area contributed by atoms with Crippen LogP contribution in [-0.4, -0.2) is 55.7 Å². The third-order valence-corrected chi connectivity index (χ3v) is 5.21. The second kappa shape index (κ2) is 12.9. The van der Waals surface area contributed by atoms with Gasteiger partial charge in [-0.2, -0.15) is 0 Å². The van der Waals surface area contributed by atoms with Crippen LogP contribution in [0.5, 0.6) is 11.5 Å². The maximum absolute atomic E-state index is 5.85. The third kappa shape index (κ3) is 8.01. The lowest BCUT2D eigenvalue weighted by Gasteiger charge is -2.19. The summed E-state index contributed by atoms with van der Waals surface area (Å²) in [5, 5.41) is 7.38. The first-order chi connectivity index (χ1) is 14.6. The normalized spacial score (nSPS) is 16.5. The molecule has 0 radical (unpaired) electrons. The topological polar surface area (TPSA) is 71.0 Å². The van der Waals surface area contributed by atoms with E-state index in [1.165, 1.54) is 5.56 Å². The fourth-order valence-corrected chi connectivity index (χ4v) is 3.61. The van der Waals surface area contributed by atoms with Crippen molar-refractivity contribution >= 4 is 41.5 Å². The van der Waals surface area contributed by atoms with Gasteiger partial charge < -0.3 is 20.1 Å². The van der Waals surface area contributed by atoms with Gasteiger partial charge in [-0.3, -0.25) is 4.90 Å². The summed E-state index contributed by atoms with van der Waals surface area (Å²) >= 11 is 5.85. The summed E-state index contributed by atoms with van der Waals surface area (Å²) < 4.78 is 10.8. The average molecular weight is 560 g/mol. The van der Waals surface area contributed by atoms with Crippen LogP contribution in [0.25, 0.3) is 0 Å². The van der Waals surface area contributed by atoms with E-state index in [1.807, 2.05) is 12.1 Å². The lowest BCUT2D eigenvalue weighted by molar-refractivity contribution is 0.321. The maximum Gasteiger partial charge on any atom is 0.191 e. The summed E-state index contributed by atoms with van der Waals surface area (Å²) in [6.45, 7) is 6.27. The van der Waals surface area contributed by atoms with E-state index >= 15 is 0 Å². The van der Waals surface area contributed by atoms with Crippen molar-refractivity contribution < 1.29 is 9.47 Å². The molecule has 31 heavy (non-hydrogen) atoms. The Morgan fingerprint density at radius 3 is 2.55 bits per heavy atom. The zero-order valence-electron chi connectivity index (χ0n) is 18.2. The Labute approximate surface area is 206 Å². The van der Waals surface area contributed by atoms with Gasteiger partial charge in [0.2, 0.25) is 0 Å². The van der Waals surface area contributed by atoms with Gasteiger partial charge in [-0.1, -0.05) is 17.7 Å². The second-order valence-electron chi connectivity index (χ2n) is 7.27. The highest BCUT2D eigenvalue weighted by Crippen LogP contribution is 2.24. The lowest BCUT2D eigenvalue weighted by Crippen LogP contribution is -2.44. The smallest absolute Gasteiger partial charge is 0.191 e. The molecule has 1 unspecified atom stereocenters. The molecule has 7 nitrogen and oxygen atoms in total. The zero-order valence-corrected chi connectivity index (χ0v) is 21.3. The Hall–Kier alpha value is -1.78. The molecule has 0 aliphatic carbocycles. The number of nitrogens with zero attached hydrogens (tertiary/aromatic N) is 3. The molecule has 0 amide bonds. The molecule has 1 aliphatic rings. The molecule has 170 valence electrons. The van der Waals surface area contributed by atoms with E-state index in [-0.39, 0.29) is 24.0 Å². The molecule has 1 aromatic heterocycles. The van der Waals surface area contributed by atoms with Crippen LogP contribution in [0.15, 0.2) is 41.5 Å². The summed E-state index contributed by atoms with van der Waals surface area (Å²) in [6.07, 6.45) is 2.82. The molecular formula is C22H31ClIN5O2. The first-order valence-corrected chi connectivity index (χ1v) is 10.6. The Morgan fingerprint density at radius 1 is 1.19 bits per heavy atom. The number of nitrogens with one attached hydrogen (secondary N) is 2. The highest BCUT2D eigenvalue weighted by molar-refractivity contribution is 14.0. The molecular weight excluding hydrogens is 529 g/mol. The number of guanidine groups is 1. The van der Waals surface area contributed by atoms with Gasteiger partial charge in [0.15, 0.2) is 5.96 Å². The highest BCUT2D eigenvalue weighted by atomic mass is 127. The molecule has 0 bridgehead atoms. The van der Waals surface area contributed by atoms with Gasteiger partial charge in [-0.15, -0.1) is 24.0 Å². The van der Waals surface area contributed by atoms with Crippen molar-refractivity contribution in [1.82, 2.24) is 20.5 Å². The Bertz CT molecular complexity index is 828. The van der Waals surface area contributed by atoms with E-state index in [4.69, 9.17) is 26.1 Å². The number of ether oxygens (including phenoxy) is 2. The summed E-state index contributed by atoms with van der Waals surface area (Å²) in [6, 6.07) is 10.1. The number of hydrogen-bond acceptors (Lipinski definition) is 5. The first-order valence-electron chi connectivity index (χ1n) is 10.2. The molecule has 1 atom stereocenters. The summed E-state index contributed by atoms with van der Waals surface area (Å²) in [5.74, 6) is 2.45. The van der Waals surface area contributed by atoms with Crippen LogP contribution in [0.3, 0.4) is 0 Å². The molecule has 0 spiro atoms.